The predicted molar refractivity (Wildman–Crippen MR) is 52.3 cm³/mol. The first-order chi connectivity index (χ1) is 5.25. The number of thiophene rings is 1. The van der Waals surface area contributed by atoms with Crippen LogP contribution in [0.15, 0.2) is 18.2 Å². The van der Waals surface area contributed by atoms with Crippen molar-refractivity contribution in [1.29, 1.82) is 0 Å². The minimum atomic E-state index is -0.407. The Bertz CT molecular complexity index is 398. The largest absolute Gasteiger partial charge is 0.214 e. The molecule has 11 heavy (non-hydrogen) atoms. The van der Waals surface area contributed by atoms with Crippen molar-refractivity contribution >= 4 is 44.1 Å². The number of hydrogen-bond donors (Lipinski definition) is 0. The van der Waals surface area contributed by atoms with Gasteiger partial charge in [-0.05, 0) is 40.8 Å². The molecule has 0 aliphatic heterocycles. The summed E-state index contributed by atoms with van der Waals surface area (Å²) in [5.41, 5.74) is 0. The van der Waals surface area contributed by atoms with Gasteiger partial charge in [-0.15, -0.1) is 11.3 Å². The van der Waals surface area contributed by atoms with Crippen molar-refractivity contribution in [2.45, 2.75) is 0 Å². The van der Waals surface area contributed by atoms with Crippen molar-refractivity contribution in [1.82, 2.24) is 4.98 Å². The maximum atomic E-state index is 12.5. The molecule has 0 unspecified atom stereocenters. The monoisotopic (exact) mass is 279 g/mol. The molecule has 0 aliphatic rings. The van der Waals surface area contributed by atoms with Crippen LogP contribution in [-0.4, -0.2) is 4.98 Å². The number of nitrogens with zero attached hydrogens (tertiary/aromatic N) is 1. The van der Waals surface area contributed by atoms with Gasteiger partial charge in [0, 0.05) is 5.39 Å². The fourth-order valence-corrected chi connectivity index (χ4v) is 2.57. The van der Waals surface area contributed by atoms with E-state index in [1.165, 1.54) is 17.4 Å². The second-order valence-corrected chi connectivity index (χ2v) is 5.00. The molecule has 2 heterocycles. The van der Waals surface area contributed by atoms with Gasteiger partial charge in [0.15, 0.2) is 0 Å². The quantitative estimate of drug-likeness (QED) is 0.533. The van der Waals surface area contributed by atoms with Gasteiger partial charge in [-0.3, -0.25) is 0 Å². The Labute approximate surface area is 80.4 Å². The Morgan fingerprint density at radius 2 is 2.27 bits per heavy atom. The summed E-state index contributed by atoms with van der Waals surface area (Å²) >= 11 is 3.70. The van der Waals surface area contributed by atoms with Gasteiger partial charge in [0.05, 0.1) is 2.88 Å². The fraction of sp³-hybridized carbons (Fsp3) is 0. The first-order valence-corrected chi connectivity index (χ1v) is 4.87. The lowest BCUT2D eigenvalue weighted by Gasteiger charge is -1.85. The van der Waals surface area contributed by atoms with Crippen LogP contribution in [0.25, 0.3) is 10.2 Å². The van der Waals surface area contributed by atoms with Crippen LogP contribution < -0.4 is 0 Å². The number of rotatable bonds is 0. The Morgan fingerprint density at radius 3 is 3.09 bits per heavy atom. The minimum Gasteiger partial charge on any atom is -0.209 e. The lowest BCUT2D eigenvalue weighted by Crippen LogP contribution is -1.77. The molecule has 0 radical (unpaired) electrons. The van der Waals surface area contributed by atoms with Gasteiger partial charge in [-0.2, -0.15) is 4.39 Å². The summed E-state index contributed by atoms with van der Waals surface area (Å²) in [4.78, 5) is 4.52. The third kappa shape index (κ3) is 1.37. The van der Waals surface area contributed by atoms with Crippen molar-refractivity contribution < 1.29 is 4.39 Å². The average molecular weight is 279 g/mol. The van der Waals surface area contributed by atoms with Crippen LogP contribution in [0.2, 0.25) is 0 Å². The van der Waals surface area contributed by atoms with Gasteiger partial charge in [-0.1, -0.05) is 0 Å². The molecule has 0 atom stereocenters. The fourth-order valence-electron chi connectivity index (χ4n) is 0.864. The molecule has 0 aliphatic carbocycles. The predicted octanol–water partition coefficient (Wildman–Crippen LogP) is 3.04. The topological polar surface area (TPSA) is 12.9 Å². The first-order valence-electron chi connectivity index (χ1n) is 2.97. The maximum absolute atomic E-state index is 12.5. The van der Waals surface area contributed by atoms with E-state index in [4.69, 9.17) is 0 Å². The summed E-state index contributed by atoms with van der Waals surface area (Å²) in [6.07, 6.45) is 0. The molecule has 0 saturated heterocycles. The smallest absolute Gasteiger partial charge is 0.209 e. The molecule has 4 heteroatoms. The van der Waals surface area contributed by atoms with Crippen LogP contribution in [0.1, 0.15) is 0 Å². The third-order valence-corrected chi connectivity index (χ3v) is 3.12. The molecule has 1 nitrogen and oxygen atoms in total. The summed E-state index contributed by atoms with van der Waals surface area (Å²) < 4.78 is 13.7. The zero-order valence-corrected chi connectivity index (χ0v) is 8.32. The van der Waals surface area contributed by atoms with Crippen LogP contribution in [0.3, 0.4) is 0 Å². The van der Waals surface area contributed by atoms with Crippen LogP contribution in [0, 0.1) is 8.83 Å². The van der Waals surface area contributed by atoms with Gasteiger partial charge >= 0.3 is 0 Å². The molecule has 2 rings (SSSR count). The molecule has 0 fully saturated rings. The van der Waals surface area contributed by atoms with Crippen LogP contribution in [0.5, 0.6) is 0 Å². The van der Waals surface area contributed by atoms with E-state index in [1.54, 1.807) is 6.07 Å². The van der Waals surface area contributed by atoms with E-state index in [9.17, 15) is 4.39 Å². The number of aromatic nitrogens is 1. The highest BCUT2D eigenvalue weighted by Crippen LogP contribution is 2.24. The van der Waals surface area contributed by atoms with Crippen LogP contribution in [0.4, 0.5) is 4.39 Å². The molecule has 0 amide bonds. The Kier molecular flexibility index (Phi) is 1.80. The van der Waals surface area contributed by atoms with Gasteiger partial charge < -0.3 is 0 Å². The molecule has 0 N–H and O–H groups in total. The molecule has 0 aromatic carbocycles. The van der Waals surface area contributed by atoms with Crippen molar-refractivity contribution in [2.24, 2.45) is 0 Å². The van der Waals surface area contributed by atoms with Crippen molar-refractivity contribution in [3.8, 4) is 0 Å². The number of hydrogen-bond acceptors (Lipinski definition) is 2. The molecule has 2 aromatic rings. The normalized spacial score (nSPS) is 10.7. The molecule has 56 valence electrons. The van der Waals surface area contributed by atoms with E-state index in [0.717, 1.165) is 13.1 Å². The van der Waals surface area contributed by atoms with E-state index in [0.29, 0.717) is 0 Å². The SMILES string of the molecule is Fc1ccc2cc(I)sc2n1. The summed E-state index contributed by atoms with van der Waals surface area (Å²) in [5.74, 6) is -0.407. The van der Waals surface area contributed by atoms with Crippen LogP contribution >= 0.6 is 33.9 Å². The van der Waals surface area contributed by atoms with E-state index >= 15 is 0 Å². The number of pyridine rings is 1. The summed E-state index contributed by atoms with van der Waals surface area (Å²) in [7, 11) is 0. The van der Waals surface area contributed by atoms with Gasteiger partial charge in [0.2, 0.25) is 5.95 Å². The lowest BCUT2D eigenvalue weighted by atomic mass is 10.3. The standard InChI is InChI=1S/C7H3FINS/c8-5-2-1-4-3-6(9)11-7(4)10-5/h1-3H. The zero-order chi connectivity index (χ0) is 7.84. The highest BCUT2D eigenvalue weighted by Gasteiger charge is 2.00. The Balaban J connectivity index is 2.82. The third-order valence-electron chi connectivity index (χ3n) is 1.32. The molecule has 2 aromatic heterocycles. The van der Waals surface area contributed by atoms with E-state index in [2.05, 4.69) is 27.6 Å². The van der Waals surface area contributed by atoms with E-state index in [1.807, 2.05) is 6.07 Å². The molecular formula is C7H3FINS. The number of halogens is 2. The summed E-state index contributed by atoms with van der Waals surface area (Å²) in [6.45, 7) is 0. The first kappa shape index (κ1) is 7.42. The Hall–Kier alpha value is -0.230. The highest BCUT2D eigenvalue weighted by atomic mass is 127. The van der Waals surface area contributed by atoms with Crippen LogP contribution in [-0.2, 0) is 0 Å². The highest BCUT2D eigenvalue weighted by molar-refractivity contribution is 14.1. The summed E-state index contributed by atoms with van der Waals surface area (Å²) in [6, 6.07) is 5.12. The molecule has 0 bridgehead atoms. The van der Waals surface area contributed by atoms with Gasteiger partial charge in [-0.25, -0.2) is 4.98 Å². The average Bonchev–Trinajstić information content (AvgIpc) is 2.27. The molecule has 0 saturated carbocycles. The lowest BCUT2D eigenvalue weighted by molar-refractivity contribution is 0.590. The van der Waals surface area contributed by atoms with E-state index in [-0.39, 0.29) is 0 Å². The van der Waals surface area contributed by atoms with E-state index < -0.39 is 5.95 Å². The summed E-state index contributed by atoms with van der Waals surface area (Å²) in [5, 5.41) is 1.01. The van der Waals surface area contributed by atoms with Gasteiger partial charge in [0.1, 0.15) is 4.83 Å². The van der Waals surface area contributed by atoms with Crippen molar-refractivity contribution in [2.75, 3.05) is 0 Å². The second-order valence-electron chi connectivity index (χ2n) is 2.08. The molecular weight excluding hydrogens is 276 g/mol. The van der Waals surface area contributed by atoms with Crippen molar-refractivity contribution in [3.05, 3.63) is 27.0 Å². The second kappa shape index (κ2) is 2.67. The van der Waals surface area contributed by atoms with Crippen molar-refractivity contribution in [3.63, 3.8) is 0 Å². The molecule has 0 spiro atoms. The van der Waals surface area contributed by atoms with Gasteiger partial charge in [0.25, 0.3) is 0 Å². The zero-order valence-electron chi connectivity index (χ0n) is 5.34. The maximum Gasteiger partial charge on any atom is 0.214 e. The minimum absolute atomic E-state index is 0.407. The number of fused-ring (bicyclic) bond motifs is 1. The Morgan fingerprint density at radius 1 is 1.45 bits per heavy atom.